The van der Waals surface area contributed by atoms with Crippen LogP contribution >= 0.6 is 15.9 Å². The minimum absolute atomic E-state index is 0.196. The molecule has 1 aromatic rings. The van der Waals surface area contributed by atoms with Crippen LogP contribution in [0.5, 0.6) is 0 Å². The third kappa shape index (κ3) is 2.16. The van der Waals surface area contributed by atoms with E-state index in [0.717, 1.165) is 29.7 Å². The van der Waals surface area contributed by atoms with Gasteiger partial charge in [0.25, 0.3) is 0 Å². The molecule has 14 heavy (non-hydrogen) atoms. The first kappa shape index (κ1) is 10.1. The summed E-state index contributed by atoms with van der Waals surface area (Å²) in [6.45, 7) is 3.63. The molecule has 0 aromatic heterocycles. The first-order valence-electron chi connectivity index (χ1n) is 4.76. The number of rotatable bonds is 1. The average Bonchev–Trinajstić information content (AvgIpc) is 2.19. The number of benzene rings is 1. The van der Waals surface area contributed by atoms with Crippen LogP contribution in [0.15, 0.2) is 22.7 Å². The molecule has 0 spiro atoms. The third-order valence-electron chi connectivity index (χ3n) is 2.24. The summed E-state index contributed by atoms with van der Waals surface area (Å²) >= 11 is 3.52. The largest absolute Gasteiger partial charge is 0.348 e. The van der Waals surface area contributed by atoms with Gasteiger partial charge in [0.05, 0.1) is 13.2 Å². The molecule has 2 rings (SSSR count). The molecule has 2 nitrogen and oxygen atoms in total. The van der Waals surface area contributed by atoms with Crippen LogP contribution in [0, 0.1) is 6.92 Å². The summed E-state index contributed by atoms with van der Waals surface area (Å²) < 4.78 is 12.1. The van der Waals surface area contributed by atoms with E-state index in [-0.39, 0.29) is 6.29 Å². The second kappa shape index (κ2) is 4.43. The highest BCUT2D eigenvalue weighted by Crippen LogP contribution is 2.29. The van der Waals surface area contributed by atoms with E-state index in [0.29, 0.717) is 0 Å². The fourth-order valence-electron chi connectivity index (χ4n) is 1.49. The van der Waals surface area contributed by atoms with Crippen molar-refractivity contribution in [3.63, 3.8) is 0 Å². The lowest BCUT2D eigenvalue weighted by atomic mass is 10.1. The van der Waals surface area contributed by atoms with Crippen LogP contribution < -0.4 is 0 Å². The molecule has 0 aliphatic carbocycles. The normalized spacial score (nSPS) is 18.4. The summed E-state index contributed by atoms with van der Waals surface area (Å²) in [7, 11) is 0. The van der Waals surface area contributed by atoms with Crippen LogP contribution in [0.2, 0.25) is 0 Å². The fraction of sp³-hybridized carbons (Fsp3) is 0.455. The smallest absolute Gasteiger partial charge is 0.184 e. The van der Waals surface area contributed by atoms with Gasteiger partial charge in [-0.05, 0) is 25.0 Å². The van der Waals surface area contributed by atoms with Gasteiger partial charge in [-0.3, -0.25) is 0 Å². The van der Waals surface area contributed by atoms with Gasteiger partial charge in [0, 0.05) is 10.0 Å². The quantitative estimate of drug-likeness (QED) is 0.769. The topological polar surface area (TPSA) is 18.5 Å². The lowest BCUT2D eigenvalue weighted by Crippen LogP contribution is -2.18. The summed E-state index contributed by atoms with van der Waals surface area (Å²) in [5, 5.41) is 0. The van der Waals surface area contributed by atoms with Crippen LogP contribution in [0.3, 0.4) is 0 Å². The predicted octanol–water partition coefficient (Wildman–Crippen LogP) is 3.19. The second-order valence-corrected chi connectivity index (χ2v) is 4.31. The molecule has 0 unspecified atom stereocenters. The van der Waals surface area contributed by atoms with Crippen molar-refractivity contribution < 1.29 is 9.47 Å². The van der Waals surface area contributed by atoms with Crippen molar-refractivity contribution in [1.29, 1.82) is 0 Å². The van der Waals surface area contributed by atoms with Gasteiger partial charge in [-0.2, -0.15) is 0 Å². The summed E-state index contributed by atoms with van der Waals surface area (Å²) in [4.78, 5) is 0. The Morgan fingerprint density at radius 1 is 1.29 bits per heavy atom. The Morgan fingerprint density at radius 3 is 2.64 bits per heavy atom. The highest BCUT2D eigenvalue weighted by atomic mass is 79.9. The molecule has 3 heteroatoms. The van der Waals surface area contributed by atoms with Crippen LogP contribution in [0.1, 0.15) is 23.8 Å². The van der Waals surface area contributed by atoms with Gasteiger partial charge < -0.3 is 9.47 Å². The molecule has 0 N–H and O–H groups in total. The first-order chi connectivity index (χ1) is 6.77. The van der Waals surface area contributed by atoms with E-state index in [1.807, 2.05) is 0 Å². The van der Waals surface area contributed by atoms with Gasteiger partial charge >= 0.3 is 0 Å². The van der Waals surface area contributed by atoms with Crippen molar-refractivity contribution >= 4 is 15.9 Å². The van der Waals surface area contributed by atoms with Gasteiger partial charge in [0.1, 0.15) is 0 Å². The molecule has 76 valence electrons. The molecule has 1 saturated heterocycles. The predicted molar refractivity (Wildman–Crippen MR) is 58.1 cm³/mol. The number of hydrogen-bond acceptors (Lipinski definition) is 2. The maximum atomic E-state index is 5.53. The van der Waals surface area contributed by atoms with Crippen molar-refractivity contribution in [1.82, 2.24) is 0 Å². The zero-order valence-corrected chi connectivity index (χ0v) is 9.71. The monoisotopic (exact) mass is 256 g/mol. The second-order valence-electron chi connectivity index (χ2n) is 3.45. The number of ether oxygens (including phenoxy) is 2. The molecular weight excluding hydrogens is 244 g/mol. The number of hydrogen-bond donors (Lipinski definition) is 0. The van der Waals surface area contributed by atoms with Crippen molar-refractivity contribution in [2.75, 3.05) is 13.2 Å². The highest BCUT2D eigenvalue weighted by Gasteiger charge is 2.18. The van der Waals surface area contributed by atoms with Crippen LogP contribution in [-0.4, -0.2) is 13.2 Å². The summed E-state index contributed by atoms with van der Waals surface area (Å²) in [6, 6.07) is 6.20. The van der Waals surface area contributed by atoms with Crippen molar-refractivity contribution in [3.05, 3.63) is 33.8 Å². The third-order valence-corrected chi connectivity index (χ3v) is 2.92. The van der Waals surface area contributed by atoms with E-state index in [1.54, 1.807) is 0 Å². The first-order valence-corrected chi connectivity index (χ1v) is 5.56. The van der Waals surface area contributed by atoms with Crippen LogP contribution in [0.4, 0.5) is 0 Å². The standard InChI is InChI=1S/C11H13BrO2/c1-8-3-4-9(10(12)7-8)11-13-5-2-6-14-11/h3-4,7,11H,2,5-6H2,1H3. The molecule has 1 aromatic carbocycles. The van der Waals surface area contributed by atoms with Gasteiger partial charge in [-0.15, -0.1) is 0 Å². The molecular formula is C11H13BrO2. The molecule has 0 amide bonds. The number of aryl methyl sites for hydroxylation is 1. The Labute approximate surface area is 92.3 Å². The Hall–Kier alpha value is -0.380. The van der Waals surface area contributed by atoms with E-state index in [1.165, 1.54) is 5.56 Å². The summed E-state index contributed by atoms with van der Waals surface area (Å²) in [6.07, 6.45) is 0.790. The molecule has 0 saturated carbocycles. The molecule has 0 radical (unpaired) electrons. The van der Waals surface area contributed by atoms with E-state index in [4.69, 9.17) is 9.47 Å². The van der Waals surface area contributed by atoms with E-state index < -0.39 is 0 Å². The summed E-state index contributed by atoms with van der Waals surface area (Å²) in [5.41, 5.74) is 2.31. The molecule has 1 aliphatic heterocycles. The van der Waals surface area contributed by atoms with E-state index in [9.17, 15) is 0 Å². The zero-order chi connectivity index (χ0) is 9.97. The molecule has 1 fully saturated rings. The lowest BCUT2D eigenvalue weighted by molar-refractivity contribution is -0.183. The van der Waals surface area contributed by atoms with Gasteiger partial charge in [-0.25, -0.2) is 0 Å². The lowest BCUT2D eigenvalue weighted by Gasteiger charge is -2.24. The van der Waals surface area contributed by atoms with Gasteiger partial charge in [0.15, 0.2) is 6.29 Å². The van der Waals surface area contributed by atoms with Crippen molar-refractivity contribution in [2.45, 2.75) is 19.6 Å². The average molecular weight is 257 g/mol. The Kier molecular flexibility index (Phi) is 3.21. The Bertz CT molecular complexity index is 319. The van der Waals surface area contributed by atoms with Crippen molar-refractivity contribution in [3.8, 4) is 0 Å². The Balaban J connectivity index is 2.22. The van der Waals surface area contributed by atoms with Crippen LogP contribution in [0.25, 0.3) is 0 Å². The van der Waals surface area contributed by atoms with Gasteiger partial charge in [-0.1, -0.05) is 28.1 Å². The highest BCUT2D eigenvalue weighted by molar-refractivity contribution is 9.10. The molecule has 1 heterocycles. The molecule has 0 bridgehead atoms. The minimum Gasteiger partial charge on any atom is -0.348 e. The van der Waals surface area contributed by atoms with Crippen LogP contribution in [-0.2, 0) is 9.47 Å². The molecule has 1 aliphatic rings. The fourth-order valence-corrected chi connectivity index (χ4v) is 2.17. The number of halogens is 1. The van der Waals surface area contributed by atoms with Crippen molar-refractivity contribution in [2.24, 2.45) is 0 Å². The zero-order valence-electron chi connectivity index (χ0n) is 8.13. The maximum absolute atomic E-state index is 5.53. The van der Waals surface area contributed by atoms with E-state index in [2.05, 4.69) is 41.1 Å². The van der Waals surface area contributed by atoms with Gasteiger partial charge in [0.2, 0.25) is 0 Å². The maximum Gasteiger partial charge on any atom is 0.184 e. The summed E-state index contributed by atoms with van der Waals surface area (Å²) in [5.74, 6) is 0. The SMILES string of the molecule is Cc1ccc(C2OCCCO2)c(Br)c1. The minimum atomic E-state index is -0.196. The molecule has 0 atom stereocenters. The Morgan fingerprint density at radius 2 is 2.00 bits per heavy atom. The van der Waals surface area contributed by atoms with E-state index >= 15 is 0 Å².